The molecule has 3 aromatic rings. The molecule has 0 bridgehead atoms. The normalized spacial score (nSPS) is 13.9. The zero-order chi connectivity index (χ0) is 25.3. The number of aromatic nitrogens is 4. The van der Waals surface area contributed by atoms with E-state index >= 15 is 0 Å². The molecule has 1 aliphatic rings. The summed E-state index contributed by atoms with van der Waals surface area (Å²) in [4.78, 5) is 42.9. The third kappa shape index (κ3) is 4.55. The van der Waals surface area contributed by atoms with Crippen molar-refractivity contribution in [2.75, 3.05) is 30.9 Å². The zero-order valence-electron chi connectivity index (χ0n) is 19.3. The van der Waals surface area contributed by atoms with E-state index in [-0.39, 0.29) is 54.0 Å². The fraction of sp³-hybridized carbons (Fsp3) is 0.261. The topological polar surface area (TPSA) is 159 Å². The lowest BCUT2D eigenvalue weighted by Crippen LogP contribution is -2.27. The molecule has 0 radical (unpaired) electrons. The third-order valence-electron chi connectivity index (χ3n) is 5.59. The van der Waals surface area contributed by atoms with E-state index in [1.54, 1.807) is 25.4 Å². The summed E-state index contributed by atoms with van der Waals surface area (Å²) < 4.78 is 5.49. The fourth-order valence-electron chi connectivity index (χ4n) is 3.93. The number of carbonyl (C=O) groups excluding carboxylic acids is 2. The predicted octanol–water partition coefficient (Wildman–Crippen LogP) is 1.87. The molecule has 0 spiro atoms. The number of nitrogens with one attached hydrogen (secondary N) is 2. The summed E-state index contributed by atoms with van der Waals surface area (Å²) in [5.74, 6) is 0.164. The number of ether oxygens (including phenoxy) is 1. The molecule has 0 fully saturated rings. The SMILES string of the molecule is COc1c(C)cnc(CN2C(=O)/C(=C\c3cc(C(=O)NCCO)c[nH]3)c3c(Cl)nc(N)nc32)c1C. The van der Waals surface area contributed by atoms with Crippen LogP contribution in [0.2, 0.25) is 5.15 Å². The minimum absolute atomic E-state index is 0.0354. The molecule has 4 heterocycles. The number of nitrogens with two attached hydrogens (primary N) is 1. The molecule has 0 saturated carbocycles. The number of pyridine rings is 1. The van der Waals surface area contributed by atoms with Gasteiger partial charge in [-0.15, -0.1) is 0 Å². The van der Waals surface area contributed by atoms with E-state index in [1.807, 2.05) is 13.8 Å². The number of methoxy groups -OCH3 is 1. The van der Waals surface area contributed by atoms with Gasteiger partial charge in [0.15, 0.2) is 5.82 Å². The van der Waals surface area contributed by atoms with Crippen LogP contribution < -0.4 is 20.7 Å². The molecule has 0 saturated heterocycles. The number of hydrogen-bond donors (Lipinski definition) is 4. The number of amides is 2. The first-order chi connectivity index (χ1) is 16.7. The first kappa shape index (κ1) is 24.2. The van der Waals surface area contributed by atoms with Crippen LogP contribution in [0, 0.1) is 13.8 Å². The highest BCUT2D eigenvalue weighted by Gasteiger charge is 2.37. The Kier molecular flexibility index (Phi) is 6.72. The summed E-state index contributed by atoms with van der Waals surface area (Å²) in [7, 11) is 1.58. The van der Waals surface area contributed by atoms with Gasteiger partial charge < -0.3 is 25.9 Å². The monoisotopic (exact) mass is 497 g/mol. The lowest BCUT2D eigenvalue weighted by molar-refractivity contribution is -0.113. The summed E-state index contributed by atoms with van der Waals surface area (Å²) in [6, 6.07) is 1.58. The molecule has 11 nitrogen and oxygen atoms in total. The van der Waals surface area contributed by atoms with Gasteiger partial charge in [-0.1, -0.05) is 11.6 Å². The Labute approximate surface area is 206 Å². The first-order valence-corrected chi connectivity index (χ1v) is 11.1. The van der Waals surface area contributed by atoms with E-state index < -0.39 is 0 Å². The lowest BCUT2D eigenvalue weighted by Gasteiger charge is -2.19. The lowest BCUT2D eigenvalue weighted by atomic mass is 10.1. The molecule has 5 N–H and O–H groups in total. The number of aliphatic hydroxyl groups excluding tert-OH is 1. The maximum atomic E-state index is 13.6. The number of halogens is 1. The predicted molar refractivity (Wildman–Crippen MR) is 131 cm³/mol. The number of aliphatic hydroxyl groups is 1. The molecule has 12 heteroatoms. The molecular weight excluding hydrogens is 474 g/mol. The second-order valence-corrected chi connectivity index (χ2v) is 8.25. The van der Waals surface area contributed by atoms with E-state index in [0.717, 1.165) is 11.1 Å². The maximum absolute atomic E-state index is 13.6. The Balaban J connectivity index is 1.74. The molecule has 0 atom stereocenters. The van der Waals surface area contributed by atoms with Gasteiger partial charge >= 0.3 is 0 Å². The Morgan fingerprint density at radius 2 is 2.14 bits per heavy atom. The van der Waals surface area contributed by atoms with E-state index in [0.29, 0.717) is 28.3 Å². The number of nitrogen functional groups attached to an aromatic ring is 1. The highest BCUT2D eigenvalue weighted by molar-refractivity contribution is 6.41. The van der Waals surface area contributed by atoms with Crippen molar-refractivity contribution in [3.63, 3.8) is 0 Å². The molecule has 1 aliphatic heterocycles. The number of aryl methyl sites for hydroxylation is 1. The standard InChI is InChI=1S/C23H24ClN7O4/c1-11-8-28-16(12(2)18(11)35-3)10-31-20-17(19(24)29-23(25)30-20)15(22(31)34)7-14-6-13(9-27-14)21(33)26-4-5-32/h6-9,27,32H,4-5,10H2,1-3H3,(H,26,33)(H2,25,29,30)/b15-7-. The van der Waals surface area contributed by atoms with Crippen LogP contribution in [-0.4, -0.2) is 57.1 Å². The third-order valence-corrected chi connectivity index (χ3v) is 5.86. The van der Waals surface area contributed by atoms with Crippen molar-refractivity contribution in [2.24, 2.45) is 0 Å². The van der Waals surface area contributed by atoms with Crippen molar-refractivity contribution in [1.29, 1.82) is 0 Å². The Morgan fingerprint density at radius 3 is 2.86 bits per heavy atom. The van der Waals surface area contributed by atoms with Crippen molar-refractivity contribution in [2.45, 2.75) is 20.4 Å². The fourth-order valence-corrected chi connectivity index (χ4v) is 4.20. The number of hydrogen-bond acceptors (Lipinski definition) is 8. The maximum Gasteiger partial charge on any atom is 0.260 e. The van der Waals surface area contributed by atoms with Crippen molar-refractivity contribution >= 4 is 46.8 Å². The zero-order valence-corrected chi connectivity index (χ0v) is 20.1. The van der Waals surface area contributed by atoms with Crippen molar-refractivity contribution < 1.29 is 19.4 Å². The first-order valence-electron chi connectivity index (χ1n) is 10.7. The smallest absolute Gasteiger partial charge is 0.260 e. The van der Waals surface area contributed by atoms with Gasteiger partial charge in [0, 0.05) is 35.8 Å². The summed E-state index contributed by atoms with van der Waals surface area (Å²) in [5.41, 5.74) is 9.56. The van der Waals surface area contributed by atoms with Crippen LogP contribution in [0.5, 0.6) is 5.75 Å². The van der Waals surface area contributed by atoms with E-state index in [4.69, 9.17) is 27.2 Å². The Bertz CT molecular complexity index is 1350. The Morgan fingerprint density at radius 1 is 1.37 bits per heavy atom. The van der Waals surface area contributed by atoms with Crippen LogP contribution >= 0.6 is 11.6 Å². The van der Waals surface area contributed by atoms with Gasteiger partial charge in [-0.2, -0.15) is 4.98 Å². The van der Waals surface area contributed by atoms with Gasteiger partial charge in [0.2, 0.25) is 5.95 Å². The quantitative estimate of drug-likeness (QED) is 0.284. The van der Waals surface area contributed by atoms with E-state index in [2.05, 4.69) is 25.3 Å². The van der Waals surface area contributed by atoms with Crippen LogP contribution in [0.15, 0.2) is 18.5 Å². The van der Waals surface area contributed by atoms with Gasteiger partial charge in [-0.05, 0) is 26.0 Å². The molecule has 182 valence electrons. The second kappa shape index (κ2) is 9.72. The summed E-state index contributed by atoms with van der Waals surface area (Å²) in [5, 5.41) is 11.5. The van der Waals surface area contributed by atoms with Crippen LogP contribution in [-0.2, 0) is 11.3 Å². The van der Waals surface area contributed by atoms with Crippen molar-refractivity contribution in [3.05, 3.63) is 57.3 Å². The van der Waals surface area contributed by atoms with E-state index in [9.17, 15) is 9.59 Å². The molecule has 35 heavy (non-hydrogen) atoms. The summed E-state index contributed by atoms with van der Waals surface area (Å²) >= 11 is 6.40. The number of carbonyl (C=O) groups is 2. The van der Waals surface area contributed by atoms with Crippen LogP contribution in [0.1, 0.15) is 38.4 Å². The molecule has 0 unspecified atom stereocenters. The highest BCUT2D eigenvalue weighted by Crippen LogP contribution is 2.41. The van der Waals surface area contributed by atoms with Gasteiger partial charge in [-0.25, -0.2) is 4.98 Å². The minimum Gasteiger partial charge on any atom is -0.496 e. The number of rotatable bonds is 7. The largest absolute Gasteiger partial charge is 0.496 e. The number of anilines is 2. The van der Waals surface area contributed by atoms with Gasteiger partial charge in [0.05, 0.1) is 42.7 Å². The van der Waals surface area contributed by atoms with Crippen molar-refractivity contribution in [3.8, 4) is 5.75 Å². The van der Waals surface area contributed by atoms with Gasteiger partial charge in [0.25, 0.3) is 11.8 Å². The van der Waals surface area contributed by atoms with Crippen LogP contribution in [0.3, 0.4) is 0 Å². The number of nitrogens with zero attached hydrogens (tertiary/aromatic N) is 4. The molecule has 0 aromatic carbocycles. The molecular formula is C23H24ClN7O4. The average molecular weight is 498 g/mol. The second-order valence-electron chi connectivity index (χ2n) is 7.89. The molecule has 3 aromatic heterocycles. The number of H-pyrrole nitrogens is 1. The molecule has 4 rings (SSSR count). The Hall–Kier alpha value is -3.96. The highest BCUT2D eigenvalue weighted by atomic mass is 35.5. The summed E-state index contributed by atoms with van der Waals surface area (Å²) in [6.07, 6.45) is 4.76. The van der Waals surface area contributed by atoms with Gasteiger partial charge in [0.1, 0.15) is 10.9 Å². The van der Waals surface area contributed by atoms with E-state index in [1.165, 1.54) is 11.1 Å². The van der Waals surface area contributed by atoms with Crippen LogP contribution in [0.25, 0.3) is 11.6 Å². The van der Waals surface area contributed by atoms with Crippen molar-refractivity contribution in [1.82, 2.24) is 25.3 Å². The molecule has 2 amide bonds. The molecule has 0 aliphatic carbocycles. The summed E-state index contributed by atoms with van der Waals surface area (Å²) in [6.45, 7) is 3.83. The number of aromatic amines is 1. The van der Waals surface area contributed by atoms with Gasteiger partial charge in [-0.3, -0.25) is 19.5 Å². The average Bonchev–Trinajstić information content (AvgIpc) is 3.38. The number of fused-ring (bicyclic) bond motifs is 1. The minimum atomic E-state index is -0.372. The van der Waals surface area contributed by atoms with Crippen LogP contribution in [0.4, 0.5) is 11.8 Å².